The molecule has 3 nitrogen and oxygen atoms in total. The summed E-state index contributed by atoms with van der Waals surface area (Å²) >= 11 is 7.35. The summed E-state index contributed by atoms with van der Waals surface area (Å²) in [5.41, 5.74) is 2.93. The number of likely N-dealkylation sites (N-methyl/N-ethyl adjacent to an activating group) is 1. The van der Waals surface area contributed by atoms with Crippen LogP contribution in [-0.4, -0.2) is 23.0 Å². The normalized spacial score (nSPS) is 18.2. The summed E-state index contributed by atoms with van der Waals surface area (Å²) in [6.45, 7) is 2.04. The van der Waals surface area contributed by atoms with E-state index in [1.807, 2.05) is 49.4 Å². The predicted octanol–water partition coefficient (Wildman–Crippen LogP) is 4.88. The number of hydrogen-bond donors (Lipinski definition) is 0. The fourth-order valence-electron chi connectivity index (χ4n) is 2.12. The van der Waals surface area contributed by atoms with Crippen LogP contribution in [0.5, 0.6) is 0 Å². The zero-order chi connectivity index (χ0) is 16.4. The highest BCUT2D eigenvalue weighted by atomic mass is 35.5. The van der Waals surface area contributed by atoms with Gasteiger partial charge in [-0.1, -0.05) is 47.5 Å². The van der Waals surface area contributed by atoms with Gasteiger partial charge in [-0.15, -0.1) is 0 Å². The van der Waals surface area contributed by atoms with E-state index in [0.29, 0.717) is 15.1 Å². The number of carbonyl (C=O) groups is 1. The maximum atomic E-state index is 12.4. The average Bonchev–Trinajstić information content (AvgIpc) is 2.78. The van der Waals surface area contributed by atoms with E-state index >= 15 is 0 Å². The van der Waals surface area contributed by atoms with Gasteiger partial charge in [0.05, 0.1) is 10.6 Å². The number of amidine groups is 1. The van der Waals surface area contributed by atoms with Crippen molar-refractivity contribution in [2.24, 2.45) is 4.99 Å². The van der Waals surface area contributed by atoms with Gasteiger partial charge in [0.2, 0.25) is 0 Å². The minimum absolute atomic E-state index is 0.0450. The quantitative estimate of drug-likeness (QED) is 0.728. The lowest BCUT2D eigenvalue weighted by molar-refractivity contribution is -0.121. The molecule has 3 rings (SSSR count). The van der Waals surface area contributed by atoms with Gasteiger partial charge in [0.15, 0.2) is 5.17 Å². The molecule has 1 saturated heterocycles. The maximum Gasteiger partial charge on any atom is 0.266 e. The highest BCUT2D eigenvalue weighted by Gasteiger charge is 2.30. The molecule has 0 aromatic heterocycles. The Labute approximate surface area is 144 Å². The third-order valence-corrected chi connectivity index (χ3v) is 4.71. The molecule has 116 valence electrons. The molecular formula is C18H15ClN2OS. The minimum Gasteiger partial charge on any atom is -0.290 e. The van der Waals surface area contributed by atoms with Crippen LogP contribution >= 0.6 is 23.4 Å². The van der Waals surface area contributed by atoms with Crippen LogP contribution in [0, 0.1) is 6.92 Å². The first-order valence-corrected chi connectivity index (χ1v) is 8.31. The summed E-state index contributed by atoms with van der Waals surface area (Å²) in [6, 6.07) is 15.3. The second kappa shape index (κ2) is 6.60. The lowest BCUT2D eigenvalue weighted by Crippen LogP contribution is -2.23. The Morgan fingerprint density at radius 1 is 1.17 bits per heavy atom. The highest BCUT2D eigenvalue weighted by molar-refractivity contribution is 8.18. The lowest BCUT2D eigenvalue weighted by Gasteiger charge is -2.07. The number of hydrogen-bond acceptors (Lipinski definition) is 3. The molecule has 5 heteroatoms. The standard InChI is InChI=1S/C18H15ClN2OS/c1-12-6-8-13(9-7-12)10-16-17(22)21(2)18(23-16)20-15-5-3-4-14(19)11-15/h3-11H,1-2H3/b16-10+,20-18?. The van der Waals surface area contributed by atoms with Crippen LogP contribution in [0.15, 0.2) is 58.4 Å². The van der Waals surface area contributed by atoms with Gasteiger partial charge in [0, 0.05) is 12.1 Å². The van der Waals surface area contributed by atoms with Crippen molar-refractivity contribution in [3.05, 3.63) is 69.6 Å². The van der Waals surface area contributed by atoms with E-state index in [9.17, 15) is 4.79 Å². The summed E-state index contributed by atoms with van der Waals surface area (Å²) in [5.74, 6) is -0.0450. The van der Waals surface area contributed by atoms with E-state index in [-0.39, 0.29) is 5.91 Å². The first kappa shape index (κ1) is 15.8. The van der Waals surface area contributed by atoms with Crippen LogP contribution in [0.1, 0.15) is 11.1 Å². The van der Waals surface area contributed by atoms with Gasteiger partial charge < -0.3 is 0 Å². The molecule has 1 aliphatic heterocycles. The Balaban J connectivity index is 1.89. The van der Waals surface area contributed by atoms with Gasteiger partial charge in [0.25, 0.3) is 5.91 Å². The van der Waals surface area contributed by atoms with E-state index in [4.69, 9.17) is 11.6 Å². The van der Waals surface area contributed by atoms with Crippen molar-refractivity contribution in [2.75, 3.05) is 7.05 Å². The Morgan fingerprint density at radius 3 is 2.61 bits per heavy atom. The van der Waals surface area contributed by atoms with Crippen LogP contribution in [0.3, 0.4) is 0 Å². The van der Waals surface area contributed by atoms with E-state index in [0.717, 1.165) is 11.3 Å². The summed E-state index contributed by atoms with van der Waals surface area (Å²) in [7, 11) is 1.73. The molecule has 0 spiro atoms. The topological polar surface area (TPSA) is 32.7 Å². The Kier molecular flexibility index (Phi) is 4.55. The molecule has 1 heterocycles. The number of benzene rings is 2. The number of carbonyl (C=O) groups excluding carboxylic acids is 1. The molecule has 0 radical (unpaired) electrons. The minimum atomic E-state index is -0.0450. The monoisotopic (exact) mass is 342 g/mol. The number of aliphatic imine (C=N–C) groups is 1. The van der Waals surface area contributed by atoms with Gasteiger partial charge in [-0.2, -0.15) is 0 Å². The lowest BCUT2D eigenvalue weighted by atomic mass is 10.1. The zero-order valence-corrected chi connectivity index (χ0v) is 14.4. The molecule has 1 amide bonds. The second-order valence-electron chi connectivity index (χ2n) is 5.26. The van der Waals surface area contributed by atoms with Crippen molar-refractivity contribution in [3.8, 4) is 0 Å². The van der Waals surface area contributed by atoms with Crippen LogP contribution in [0.25, 0.3) is 6.08 Å². The molecule has 0 unspecified atom stereocenters. The van der Waals surface area contributed by atoms with E-state index < -0.39 is 0 Å². The van der Waals surface area contributed by atoms with Crippen molar-refractivity contribution >= 4 is 46.2 Å². The van der Waals surface area contributed by atoms with Gasteiger partial charge in [-0.3, -0.25) is 9.69 Å². The number of aryl methyl sites for hydroxylation is 1. The molecule has 0 N–H and O–H groups in total. The summed E-state index contributed by atoms with van der Waals surface area (Å²) < 4.78 is 0. The molecule has 0 saturated carbocycles. The van der Waals surface area contributed by atoms with Crippen molar-refractivity contribution < 1.29 is 4.79 Å². The van der Waals surface area contributed by atoms with Gasteiger partial charge in [-0.25, -0.2) is 4.99 Å². The summed E-state index contributed by atoms with van der Waals surface area (Å²) in [4.78, 5) is 19.1. The molecule has 0 bridgehead atoms. The second-order valence-corrected chi connectivity index (χ2v) is 6.71. The third kappa shape index (κ3) is 3.66. The van der Waals surface area contributed by atoms with E-state index in [1.165, 1.54) is 17.3 Å². The van der Waals surface area contributed by atoms with Crippen LogP contribution in [0.2, 0.25) is 5.02 Å². The van der Waals surface area contributed by atoms with Crippen molar-refractivity contribution in [2.45, 2.75) is 6.92 Å². The molecule has 1 aliphatic rings. The average molecular weight is 343 g/mol. The molecule has 0 atom stereocenters. The summed E-state index contributed by atoms with van der Waals surface area (Å²) in [5, 5.41) is 1.27. The number of halogens is 1. The fraction of sp³-hybridized carbons (Fsp3) is 0.111. The molecule has 2 aromatic rings. The van der Waals surface area contributed by atoms with E-state index in [2.05, 4.69) is 4.99 Å². The van der Waals surface area contributed by atoms with Crippen molar-refractivity contribution in [1.82, 2.24) is 4.90 Å². The van der Waals surface area contributed by atoms with Crippen LogP contribution < -0.4 is 0 Å². The third-order valence-electron chi connectivity index (χ3n) is 3.41. The molecule has 2 aromatic carbocycles. The first-order chi connectivity index (χ1) is 11.0. The molecule has 1 fully saturated rings. The zero-order valence-electron chi connectivity index (χ0n) is 12.8. The van der Waals surface area contributed by atoms with E-state index in [1.54, 1.807) is 24.1 Å². The molecular weight excluding hydrogens is 328 g/mol. The summed E-state index contributed by atoms with van der Waals surface area (Å²) in [6.07, 6.45) is 1.89. The largest absolute Gasteiger partial charge is 0.290 e. The van der Waals surface area contributed by atoms with Crippen molar-refractivity contribution in [3.63, 3.8) is 0 Å². The number of amides is 1. The Hall–Kier alpha value is -2.04. The Morgan fingerprint density at radius 2 is 1.91 bits per heavy atom. The SMILES string of the molecule is Cc1ccc(/C=C2/SC(=Nc3cccc(Cl)c3)N(C)C2=O)cc1. The predicted molar refractivity (Wildman–Crippen MR) is 98.1 cm³/mol. The van der Waals surface area contributed by atoms with Crippen LogP contribution in [0.4, 0.5) is 5.69 Å². The number of nitrogens with zero attached hydrogens (tertiary/aromatic N) is 2. The first-order valence-electron chi connectivity index (χ1n) is 7.11. The van der Waals surface area contributed by atoms with Gasteiger partial charge in [0.1, 0.15) is 0 Å². The van der Waals surface area contributed by atoms with Gasteiger partial charge >= 0.3 is 0 Å². The smallest absolute Gasteiger partial charge is 0.266 e. The van der Waals surface area contributed by atoms with Crippen LogP contribution in [-0.2, 0) is 4.79 Å². The molecule has 23 heavy (non-hydrogen) atoms. The highest BCUT2D eigenvalue weighted by Crippen LogP contribution is 2.33. The number of rotatable bonds is 2. The van der Waals surface area contributed by atoms with Gasteiger partial charge in [-0.05, 0) is 48.5 Å². The van der Waals surface area contributed by atoms with Crippen molar-refractivity contribution in [1.29, 1.82) is 0 Å². The number of thioether (sulfide) groups is 1. The fourth-order valence-corrected chi connectivity index (χ4v) is 3.29. The maximum absolute atomic E-state index is 12.4. The Bertz CT molecular complexity index is 812. The molecule has 0 aliphatic carbocycles.